The van der Waals surface area contributed by atoms with Gasteiger partial charge in [-0.2, -0.15) is 0 Å². The van der Waals surface area contributed by atoms with E-state index in [0.29, 0.717) is 18.1 Å². The lowest BCUT2D eigenvalue weighted by Gasteiger charge is -2.42. The first-order chi connectivity index (χ1) is 8.34. The van der Waals surface area contributed by atoms with Gasteiger partial charge in [0.25, 0.3) is 0 Å². The topological polar surface area (TPSA) is 18.5 Å². The average molecular weight is 230 g/mol. The van der Waals surface area contributed by atoms with Gasteiger partial charge in [0.1, 0.15) is 0 Å². The highest BCUT2D eigenvalue weighted by Gasteiger charge is 2.41. The highest BCUT2D eigenvalue weighted by atomic mass is 16.6. The van der Waals surface area contributed by atoms with Crippen LogP contribution in [0.2, 0.25) is 0 Å². The Morgan fingerprint density at radius 3 is 2.65 bits per heavy atom. The SMILES string of the molecule is C[C@H]1OB(c2ccccc2)O[C@H]2CCCC[C@@H]21. The third-order valence-corrected chi connectivity index (χ3v) is 4.06. The Kier molecular flexibility index (Phi) is 3.21. The van der Waals surface area contributed by atoms with Gasteiger partial charge in [-0.15, -0.1) is 0 Å². The Morgan fingerprint density at radius 2 is 1.82 bits per heavy atom. The molecule has 0 amide bonds. The van der Waals surface area contributed by atoms with Crippen LogP contribution in [0.15, 0.2) is 30.3 Å². The zero-order chi connectivity index (χ0) is 11.7. The summed E-state index contributed by atoms with van der Waals surface area (Å²) in [6.07, 6.45) is 5.80. The maximum absolute atomic E-state index is 6.12. The summed E-state index contributed by atoms with van der Waals surface area (Å²) >= 11 is 0. The van der Waals surface area contributed by atoms with E-state index in [1.807, 2.05) is 18.2 Å². The molecule has 17 heavy (non-hydrogen) atoms. The molecule has 3 rings (SSSR count). The molecular formula is C14H19BO2. The van der Waals surface area contributed by atoms with Crippen molar-refractivity contribution in [2.24, 2.45) is 5.92 Å². The molecule has 0 unspecified atom stereocenters. The molecule has 2 aliphatic rings. The Labute approximate surface area is 103 Å². The first-order valence-electron chi connectivity index (χ1n) is 6.70. The maximum atomic E-state index is 6.12. The second-order valence-electron chi connectivity index (χ2n) is 5.21. The van der Waals surface area contributed by atoms with Crippen LogP contribution in [-0.2, 0) is 9.31 Å². The average Bonchev–Trinajstić information content (AvgIpc) is 2.40. The van der Waals surface area contributed by atoms with Gasteiger partial charge in [0.05, 0.1) is 0 Å². The van der Waals surface area contributed by atoms with E-state index in [1.165, 1.54) is 25.7 Å². The van der Waals surface area contributed by atoms with Gasteiger partial charge in [0.2, 0.25) is 0 Å². The van der Waals surface area contributed by atoms with Crippen molar-refractivity contribution >= 4 is 12.6 Å². The third-order valence-electron chi connectivity index (χ3n) is 4.06. The minimum absolute atomic E-state index is 0.162. The molecule has 1 aliphatic heterocycles. The predicted octanol–water partition coefficient (Wildman–Crippen LogP) is 2.38. The quantitative estimate of drug-likeness (QED) is 0.689. The van der Waals surface area contributed by atoms with Gasteiger partial charge in [-0.3, -0.25) is 0 Å². The monoisotopic (exact) mass is 230 g/mol. The molecule has 0 bridgehead atoms. The summed E-state index contributed by atoms with van der Waals surface area (Å²) in [5.74, 6) is 0.601. The molecule has 2 nitrogen and oxygen atoms in total. The molecule has 90 valence electrons. The number of benzene rings is 1. The normalized spacial score (nSPS) is 33.2. The summed E-state index contributed by atoms with van der Waals surface area (Å²) in [6, 6.07) is 10.3. The molecule has 0 radical (unpaired) electrons. The molecule has 1 aromatic rings. The Hall–Kier alpha value is -0.795. The third kappa shape index (κ3) is 2.27. The molecule has 1 heterocycles. The molecule has 0 spiro atoms. The summed E-state index contributed by atoms with van der Waals surface area (Å²) in [6.45, 7) is 2.20. The first kappa shape index (κ1) is 11.3. The van der Waals surface area contributed by atoms with Crippen molar-refractivity contribution in [2.75, 3.05) is 0 Å². The van der Waals surface area contributed by atoms with Crippen molar-refractivity contribution in [1.82, 2.24) is 0 Å². The minimum atomic E-state index is -0.162. The molecule has 0 aromatic heterocycles. The van der Waals surface area contributed by atoms with E-state index in [9.17, 15) is 0 Å². The second kappa shape index (κ2) is 4.83. The van der Waals surface area contributed by atoms with E-state index < -0.39 is 0 Å². The number of fused-ring (bicyclic) bond motifs is 1. The largest absolute Gasteiger partial charge is 0.494 e. The molecule has 3 heteroatoms. The van der Waals surface area contributed by atoms with Gasteiger partial charge in [0.15, 0.2) is 0 Å². The Bertz CT molecular complexity index is 368. The molecule has 1 aliphatic carbocycles. The van der Waals surface area contributed by atoms with E-state index >= 15 is 0 Å². The van der Waals surface area contributed by atoms with Crippen molar-refractivity contribution < 1.29 is 9.31 Å². The summed E-state index contributed by atoms with van der Waals surface area (Å²) in [5.41, 5.74) is 1.14. The molecule has 0 N–H and O–H groups in total. The zero-order valence-corrected chi connectivity index (χ0v) is 10.3. The number of rotatable bonds is 1. The van der Waals surface area contributed by atoms with E-state index in [2.05, 4.69) is 19.1 Å². The van der Waals surface area contributed by atoms with Crippen LogP contribution in [0.4, 0.5) is 0 Å². The van der Waals surface area contributed by atoms with Crippen molar-refractivity contribution in [2.45, 2.75) is 44.8 Å². The molecule has 1 saturated carbocycles. The van der Waals surface area contributed by atoms with Gasteiger partial charge < -0.3 is 9.31 Å². The lowest BCUT2D eigenvalue weighted by atomic mass is 9.72. The molecule has 1 saturated heterocycles. The van der Waals surface area contributed by atoms with Crippen LogP contribution in [-0.4, -0.2) is 19.3 Å². The number of hydrogen-bond acceptors (Lipinski definition) is 2. The van der Waals surface area contributed by atoms with Crippen molar-refractivity contribution in [3.05, 3.63) is 30.3 Å². The molecule has 1 aromatic carbocycles. The fourth-order valence-corrected chi connectivity index (χ4v) is 3.09. The fraction of sp³-hybridized carbons (Fsp3) is 0.571. The van der Waals surface area contributed by atoms with Gasteiger partial charge in [-0.25, -0.2) is 0 Å². The second-order valence-corrected chi connectivity index (χ2v) is 5.21. The summed E-state index contributed by atoms with van der Waals surface area (Å²) in [7, 11) is -0.162. The molecule has 2 fully saturated rings. The standard InChI is InChI=1S/C14H19BO2/c1-11-13-9-5-6-10-14(13)17-15(16-11)12-7-3-2-4-8-12/h2-4,7-8,11,13-14H,5-6,9-10H2,1H3/t11-,13-,14+/m1/s1. The van der Waals surface area contributed by atoms with Crippen molar-refractivity contribution in [3.63, 3.8) is 0 Å². The van der Waals surface area contributed by atoms with Crippen LogP contribution in [0, 0.1) is 5.92 Å². The van der Waals surface area contributed by atoms with Crippen LogP contribution in [0.25, 0.3) is 0 Å². The number of hydrogen-bond donors (Lipinski definition) is 0. The summed E-state index contributed by atoms with van der Waals surface area (Å²) < 4.78 is 12.1. The van der Waals surface area contributed by atoms with Crippen LogP contribution in [0.5, 0.6) is 0 Å². The Morgan fingerprint density at radius 1 is 1.06 bits per heavy atom. The minimum Gasteiger partial charge on any atom is -0.404 e. The van der Waals surface area contributed by atoms with Crippen LogP contribution in [0.3, 0.4) is 0 Å². The predicted molar refractivity (Wildman–Crippen MR) is 69.2 cm³/mol. The van der Waals surface area contributed by atoms with Gasteiger partial charge in [-0.05, 0) is 25.2 Å². The van der Waals surface area contributed by atoms with E-state index in [0.717, 1.165) is 5.46 Å². The van der Waals surface area contributed by atoms with Crippen LogP contribution in [0.1, 0.15) is 32.6 Å². The van der Waals surface area contributed by atoms with Crippen LogP contribution >= 0.6 is 0 Å². The highest BCUT2D eigenvalue weighted by Crippen LogP contribution is 2.34. The highest BCUT2D eigenvalue weighted by molar-refractivity contribution is 6.61. The van der Waals surface area contributed by atoms with E-state index in [4.69, 9.17) is 9.31 Å². The summed E-state index contributed by atoms with van der Waals surface area (Å²) in [5, 5.41) is 0. The van der Waals surface area contributed by atoms with Gasteiger partial charge in [0, 0.05) is 18.1 Å². The maximum Gasteiger partial charge on any atom is 0.494 e. The van der Waals surface area contributed by atoms with Crippen molar-refractivity contribution in [1.29, 1.82) is 0 Å². The lowest BCUT2D eigenvalue weighted by molar-refractivity contribution is -0.0469. The summed E-state index contributed by atoms with van der Waals surface area (Å²) in [4.78, 5) is 0. The molecule has 3 atom stereocenters. The van der Waals surface area contributed by atoms with Crippen LogP contribution < -0.4 is 5.46 Å². The molecular weight excluding hydrogens is 211 g/mol. The zero-order valence-electron chi connectivity index (χ0n) is 10.3. The van der Waals surface area contributed by atoms with Crippen molar-refractivity contribution in [3.8, 4) is 0 Å². The fourth-order valence-electron chi connectivity index (χ4n) is 3.09. The Balaban J connectivity index is 1.77. The smallest absolute Gasteiger partial charge is 0.404 e. The first-order valence-corrected chi connectivity index (χ1v) is 6.70. The van der Waals surface area contributed by atoms with E-state index in [-0.39, 0.29) is 7.12 Å². The lowest BCUT2D eigenvalue weighted by Crippen LogP contribution is -2.53. The van der Waals surface area contributed by atoms with E-state index in [1.54, 1.807) is 0 Å². The van der Waals surface area contributed by atoms with Gasteiger partial charge >= 0.3 is 7.12 Å². The van der Waals surface area contributed by atoms with Gasteiger partial charge in [-0.1, -0.05) is 43.2 Å².